The van der Waals surface area contributed by atoms with Gasteiger partial charge in [-0.25, -0.2) is 22.3 Å². The molecule has 0 saturated heterocycles. The van der Waals surface area contributed by atoms with Gasteiger partial charge in [-0.2, -0.15) is 0 Å². The third-order valence-corrected chi connectivity index (χ3v) is 5.61. The Kier molecular flexibility index (Phi) is 5.64. The molecule has 0 atom stereocenters. The Labute approximate surface area is 146 Å². The van der Waals surface area contributed by atoms with Gasteiger partial charge >= 0.3 is 5.97 Å². The van der Waals surface area contributed by atoms with E-state index in [0.717, 1.165) is 0 Å². The van der Waals surface area contributed by atoms with Gasteiger partial charge in [0.25, 0.3) is 0 Å². The van der Waals surface area contributed by atoms with Crippen molar-refractivity contribution in [2.24, 2.45) is 7.05 Å². The second-order valence-electron chi connectivity index (χ2n) is 5.61. The van der Waals surface area contributed by atoms with Gasteiger partial charge in [-0.3, -0.25) is 0 Å². The van der Waals surface area contributed by atoms with Gasteiger partial charge in [0.05, 0.1) is 6.61 Å². The zero-order valence-corrected chi connectivity index (χ0v) is 15.4. The molecule has 0 fully saturated rings. The van der Waals surface area contributed by atoms with Crippen molar-refractivity contribution in [3.8, 4) is 0 Å². The lowest BCUT2D eigenvalue weighted by Gasteiger charge is -2.09. The van der Waals surface area contributed by atoms with Crippen molar-refractivity contribution in [3.05, 3.63) is 52.6 Å². The number of carbonyl (C=O) groups excluding carboxylic acids is 1. The molecule has 1 aromatic carbocycles. The van der Waals surface area contributed by atoms with Crippen molar-refractivity contribution >= 4 is 16.0 Å². The first-order valence-electron chi connectivity index (χ1n) is 7.76. The Morgan fingerprint density at radius 2 is 1.80 bits per heavy atom. The summed E-state index contributed by atoms with van der Waals surface area (Å²) in [5.41, 5.74) is 1.59. The maximum atomic E-state index is 12.9. The fourth-order valence-corrected chi connectivity index (χ4v) is 4.07. The van der Waals surface area contributed by atoms with Gasteiger partial charge in [-0.05, 0) is 38.5 Å². The maximum Gasteiger partial charge on any atom is 0.341 e. The Morgan fingerprint density at radius 3 is 2.36 bits per heavy atom. The Morgan fingerprint density at radius 1 is 1.20 bits per heavy atom. The van der Waals surface area contributed by atoms with Crippen LogP contribution in [0, 0.1) is 19.7 Å². The van der Waals surface area contributed by atoms with Gasteiger partial charge < -0.3 is 9.30 Å². The van der Waals surface area contributed by atoms with E-state index in [-0.39, 0.29) is 23.6 Å². The van der Waals surface area contributed by atoms with Crippen molar-refractivity contribution in [1.82, 2.24) is 9.29 Å². The number of sulfonamides is 1. The SMILES string of the molecule is CCOC(=O)c1c(S(=O)(=O)NCc2ccc(F)cc2)c(C)n(C)c1C. The van der Waals surface area contributed by atoms with E-state index in [9.17, 15) is 17.6 Å². The number of carbonyl (C=O) groups is 1. The zero-order chi connectivity index (χ0) is 18.8. The number of halogens is 1. The van der Waals surface area contributed by atoms with Crippen molar-refractivity contribution < 1.29 is 22.3 Å². The van der Waals surface area contributed by atoms with E-state index in [0.29, 0.717) is 17.0 Å². The minimum absolute atomic E-state index is 0.0156. The molecule has 136 valence electrons. The third-order valence-electron chi connectivity index (χ3n) is 4.05. The molecule has 1 N–H and O–H groups in total. The summed E-state index contributed by atoms with van der Waals surface area (Å²) < 4.78 is 47.6. The standard InChI is InChI=1S/C17H21FN2O4S/c1-5-24-17(21)15-11(2)20(4)12(3)16(15)25(22,23)19-10-13-6-8-14(18)9-7-13/h6-9,19H,5,10H2,1-4H3. The molecular formula is C17H21FN2O4S. The van der Waals surface area contributed by atoms with Gasteiger partial charge in [-0.1, -0.05) is 12.1 Å². The fraction of sp³-hybridized carbons (Fsp3) is 0.353. The molecule has 0 spiro atoms. The molecule has 0 aliphatic heterocycles. The molecule has 8 heteroatoms. The molecule has 0 aliphatic rings. The molecule has 0 unspecified atom stereocenters. The lowest BCUT2D eigenvalue weighted by atomic mass is 10.2. The number of ether oxygens (including phenoxy) is 1. The van der Waals surface area contributed by atoms with Crippen molar-refractivity contribution in [2.75, 3.05) is 6.61 Å². The van der Waals surface area contributed by atoms with Gasteiger partial charge in [0.1, 0.15) is 16.3 Å². The molecule has 1 aromatic heterocycles. The van der Waals surface area contributed by atoms with Crippen LogP contribution < -0.4 is 4.72 Å². The van der Waals surface area contributed by atoms with E-state index in [2.05, 4.69) is 4.72 Å². The van der Waals surface area contributed by atoms with Crippen LogP contribution in [0.4, 0.5) is 4.39 Å². The molecule has 1 heterocycles. The van der Waals surface area contributed by atoms with Crippen LogP contribution in [0.1, 0.15) is 34.2 Å². The van der Waals surface area contributed by atoms with Gasteiger partial charge in [0.2, 0.25) is 10.0 Å². The maximum absolute atomic E-state index is 12.9. The van der Waals surface area contributed by atoms with Crippen LogP contribution in [0.15, 0.2) is 29.2 Å². The summed E-state index contributed by atoms with van der Waals surface area (Å²) in [4.78, 5) is 12.2. The number of hydrogen-bond acceptors (Lipinski definition) is 4. The first kappa shape index (κ1) is 19.1. The first-order valence-corrected chi connectivity index (χ1v) is 9.24. The number of benzene rings is 1. The van der Waals surface area contributed by atoms with Crippen molar-refractivity contribution in [1.29, 1.82) is 0 Å². The van der Waals surface area contributed by atoms with Gasteiger partial charge in [0, 0.05) is 25.0 Å². The molecule has 0 amide bonds. The average molecular weight is 368 g/mol. The molecule has 2 aromatic rings. The molecule has 0 aliphatic carbocycles. The summed E-state index contributed by atoms with van der Waals surface area (Å²) in [7, 11) is -2.27. The normalized spacial score (nSPS) is 11.6. The molecular weight excluding hydrogens is 347 g/mol. The van der Waals surface area contributed by atoms with Crippen LogP contribution in [0.3, 0.4) is 0 Å². The quantitative estimate of drug-likeness (QED) is 0.795. The van der Waals surface area contributed by atoms with E-state index in [1.165, 1.54) is 24.3 Å². The molecule has 25 heavy (non-hydrogen) atoms. The van der Waals surface area contributed by atoms with Gasteiger partial charge in [0.15, 0.2) is 0 Å². The van der Waals surface area contributed by atoms with Crippen LogP contribution in [0.5, 0.6) is 0 Å². The van der Waals surface area contributed by atoms with E-state index in [1.807, 2.05) is 0 Å². The smallest absolute Gasteiger partial charge is 0.341 e. The first-order chi connectivity index (χ1) is 11.7. The summed E-state index contributed by atoms with van der Waals surface area (Å²) in [5, 5.41) is 0. The van der Waals surface area contributed by atoms with Crippen molar-refractivity contribution in [2.45, 2.75) is 32.2 Å². The molecule has 6 nitrogen and oxygen atoms in total. The minimum Gasteiger partial charge on any atom is -0.462 e. The lowest BCUT2D eigenvalue weighted by molar-refractivity contribution is 0.0521. The van der Waals surface area contributed by atoms with Crippen LogP contribution in [-0.2, 0) is 28.4 Å². The van der Waals surface area contributed by atoms with E-state index in [4.69, 9.17) is 4.74 Å². The fourth-order valence-electron chi connectivity index (χ4n) is 2.54. The van der Waals surface area contributed by atoms with Crippen molar-refractivity contribution in [3.63, 3.8) is 0 Å². The third kappa shape index (κ3) is 3.91. The van der Waals surface area contributed by atoms with Crippen LogP contribution >= 0.6 is 0 Å². The summed E-state index contributed by atoms with van der Waals surface area (Å²) in [6.07, 6.45) is 0. The van der Waals surface area contributed by atoms with Crippen LogP contribution in [0.2, 0.25) is 0 Å². The Bertz CT molecular complexity index is 886. The highest BCUT2D eigenvalue weighted by Gasteiger charge is 2.31. The number of nitrogens with one attached hydrogen (secondary N) is 1. The highest BCUT2D eigenvalue weighted by Crippen LogP contribution is 2.27. The number of hydrogen-bond donors (Lipinski definition) is 1. The second-order valence-corrected chi connectivity index (χ2v) is 7.31. The number of rotatable bonds is 6. The predicted molar refractivity (Wildman–Crippen MR) is 91.3 cm³/mol. The summed E-state index contributed by atoms with van der Waals surface area (Å²) in [6, 6.07) is 5.50. The molecule has 0 saturated carbocycles. The highest BCUT2D eigenvalue weighted by molar-refractivity contribution is 7.89. The molecule has 2 rings (SSSR count). The largest absolute Gasteiger partial charge is 0.462 e. The van der Waals surface area contributed by atoms with Crippen LogP contribution in [-0.4, -0.2) is 25.6 Å². The Balaban J connectivity index is 2.39. The Hall–Kier alpha value is -2.19. The molecule has 0 radical (unpaired) electrons. The lowest BCUT2D eigenvalue weighted by Crippen LogP contribution is -2.25. The number of esters is 1. The van der Waals surface area contributed by atoms with E-state index < -0.39 is 21.8 Å². The van der Waals surface area contributed by atoms with E-state index >= 15 is 0 Å². The zero-order valence-electron chi connectivity index (χ0n) is 14.6. The average Bonchev–Trinajstić information content (AvgIpc) is 2.79. The molecule has 0 bridgehead atoms. The van der Waals surface area contributed by atoms with E-state index in [1.54, 1.807) is 32.4 Å². The second kappa shape index (κ2) is 7.37. The summed E-state index contributed by atoms with van der Waals surface area (Å²) >= 11 is 0. The number of nitrogens with zero attached hydrogens (tertiary/aromatic N) is 1. The minimum atomic E-state index is -3.96. The summed E-state index contributed by atoms with van der Waals surface area (Å²) in [6.45, 7) is 5.08. The number of aromatic nitrogens is 1. The summed E-state index contributed by atoms with van der Waals surface area (Å²) in [5.74, 6) is -1.07. The highest BCUT2D eigenvalue weighted by atomic mass is 32.2. The topological polar surface area (TPSA) is 77.4 Å². The predicted octanol–water partition coefficient (Wildman–Crippen LogP) is 2.44. The monoisotopic (exact) mass is 368 g/mol. The van der Waals surface area contributed by atoms with Crippen LogP contribution in [0.25, 0.3) is 0 Å². The van der Waals surface area contributed by atoms with Gasteiger partial charge in [-0.15, -0.1) is 0 Å².